The molecule has 1 aliphatic rings. The summed E-state index contributed by atoms with van der Waals surface area (Å²) in [6, 6.07) is 14.9. The van der Waals surface area contributed by atoms with E-state index in [1.54, 1.807) is 24.3 Å². The Labute approximate surface area is 186 Å². The van der Waals surface area contributed by atoms with E-state index in [4.69, 9.17) is 16.0 Å². The summed E-state index contributed by atoms with van der Waals surface area (Å²) in [4.78, 5) is 12.3. The standard InChI is InChI=1S/C20H16ClN7O2S/c21-14-5-1-13(2-6-14)19-24-25-20(30-19)31-11-17(29)22-15-7-3-12(4-8-15)18-23-26-27-28(18)16-9-10-16/h1-8,16H,9-11H2,(H,22,29). The van der Waals surface area contributed by atoms with Gasteiger partial charge in [0.1, 0.15) is 0 Å². The van der Waals surface area contributed by atoms with E-state index in [0.29, 0.717) is 27.9 Å². The van der Waals surface area contributed by atoms with Crippen molar-refractivity contribution >= 4 is 35.0 Å². The van der Waals surface area contributed by atoms with Crippen LogP contribution in [0.4, 0.5) is 5.69 Å². The third-order valence-corrected chi connectivity index (χ3v) is 5.71. The summed E-state index contributed by atoms with van der Waals surface area (Å²) in [6.07, 6.45) is 2.20. The van der Waals surface area contributed by atoms with Crippen LogP contribution in [-0.2, 0) is 4.79 Å². The molecule has 2 heterocycles. The molecule has 0 atom stereocenters. The van der Waals surface area contributed by atoms with Gasteiger partial charge < -0.3 is 9.73 Å². The van der Waals surface area contributed by atoms with Crippen molar-refractivity contribution in [1.29, 1.82) is 0 Å². The minimum atomic E-state index is -0.174. The molecule has 9 nitrogen and oxygen atoms in total. The van der Waals surface area contributed by atoms with Crippen molar-refractivity contribution in [3.8, 4) is 22.8 Å². The van der Waals surface area contributed by atoms with Crippen molar-refractivity contribution in [3.05, 3.63) is 53.6 Å². The molecule has 0 spiro atoms. The number of tetrazole rings is 1. The number of benzene rings is 2. The number of halogens is 1. The van der Waals surface area contributed by atoms with Gasteiger partial charge in [-0.05, 0) is 71.8 Å². The summed E-state index contributed by atoms with van der Waals surface area (Å²) in [5.41, 5.74) is 2.36. The van der Waals surface area contributed by atoms with Crippen molar-refractivity contribution in [2.45, 2.75) is 24.1 Å². The van der Waals surface area contributed by atoms with Crippen LogP contribution in [0, 0.1) is 0 Å². The van der Waals surface area contributed by atoms with Crippen molar-refractivity contribution < 1.29 is 9.21 Å². The maximum absolute atomic E-state index is 12.3. The number of thioether (sulfide) groups is 1. The van der Waals surface area contributed by atoms with Gasteiger partial charge in [0, 0.05) is 21.8 Å². The highest BCUT2D eigenvalue weighted by Gasteiger charge is 2.28. The van der Waals surface area contributed by atoms with Crippen LogP contribution in [0.25, 0.3) is 22.8 Å². The summed E-state index contributed by atoms with van der Waals surface area (Å²) in [6.45, 7) is 0. The fourth-order valence-electron chi connectivity index (χ4n) is 2.95. The molecule has 0 bridgehead atoms. The number of aromatic nitrogens is 6. The number of hydrogen-bond acceptors (Lipinski definition) is 8. The van der Waals surface area contributed by atoms with E-state index in [0.717, 1.165) is 29.8 Å². The summed E-state index contributed by atoms with van der Waals surface area (Å²) in [5.74, 6) is 1.09. The number of nitrogens with zero attached hydrogens (tertiary/aromatic N) is 6. The molecule has 5 rings (SSSR count). The van der Waals surface area contributed by atoms with Crippen LogP contribution in [0.15, 0.2) is 58.2 Å². The summed E-state index contributed by atoms with van der Waals surface area (Å²) < 4.78 is 7.45. The third-order valence-electron chi connectivity index (χ3n) is 4.64. The fourth-order valence-corrected chi connectivity index (χ4v) is 3.64. The van der Waals surface area contributed by atoms with Gasteiger partial charge in [-0.2, -0.15) is 0 Å². The van der Waals surface area contributed by atoms with E-state index < -0.39 is 0 Å². The quantitative estimate of drug-likeness (QED) is 0.416. The second-order valence-corrected chi connectivity index (χ2v) is 8.34. The molecule has 1 amide bonds. The summed E-state index contributed by atoms with van der Waals surface area (Å²) >= 11 is 7.06. The summed E-state index contributed by atoms with van der Waals surface area (Å²) in [5, 5.41) is 23.7. The van der Waals surface area contributed by atoms with Crippen LogP contribution in [0.3, 0.4) is 0 Å². The van der Waals surface area contributed by atoms with Gasteiger partial charge in [-0.1, -0.05) is 23.4 Å². The average Bonchev–Trinajstić information content (AvgIpc) is 3.31. The topological polar surface area (TPSA) is 112 Å². The van der Waals surface area contributed by atoms with Gasteiger partial charge in [-0.3, -0.25) is 4.79 Å². The Hall–Kier alpha value is -3.24. The smallest absolute Gasteiger partial charge is 0.277 e. The highest BCUT2D eigenvalue weighted by Crippen LogP contribution is 2.36. The molecule has 0 saturated heterocycles. The molecule has 156 valence electrons. The minimum absolute atomic E-state index is 0.143. The third kappa shape index (κ3) is 4.59. The molecule has 1 N–H and O–H groups in total. The van der Waals surface area contributed by atoms with Gasteiger partial charge in [0.2, 0.25) is 11.8 Å². The molecular formula is C20H16ClN7O2S. The Bertz CT molecular complexity index is 1200. The van der Waals surface area contributed by atoms with Gasteiger partial charge in [0.05, 0.1) is 11.8 Å². The maximum Gasteiger partial charge on any atom is 0.277 e. The van der Waals surface area contributed by atoms with Crippen LogP contribution in [-0.4, -0.2) is 42.1 Å². The second kappa shape index (κ2) is 8.48. The van der Waals surface area contributed by atoms with Crippen LogP contribution >= 0.6 is 23.4 Å². The molecular weight excluding hydrogens is 438 g/mol. The molecule has 2 aromatic carbocycles. The van der Waals surface area contributed by atoms with Crippen LogP contribution < -0.4 is 5.32 Å². The van der Waals surface area contributed by atoms with E-state index in [1.807, 2.05) is 28.9 Å². The largest absolute Gasteiger partial charge is 0.411 e. The number of carbonyl (C=O) groups is 1. The first-order valence-electron chi connectivity index (χ1n) is 9.56. The highest BCUT2D eigenvalue weighted by atomic mass is 35.5. The maximum atomic E-state index is 12.3. The zero-order valence-corrected chi connectivity index (χ0v) is 17.7. The normalized spacial score (nSPS) is 13.3. The average molecular weight is 454 g/mol. The molecule has 0 aliphatic heterocycles. The Balaban J connectivity index is 1.16. The van der Waals surface area contributed by atoms with Crippen molar-refractivity contribution in [1.82, 2.24) is 30.4 Å². The van der Waals surface area contributed by atoms with Gasteiger partial charge in [0.15, 0.2) is 5.82 Å². The van der Waals surface area contributed by atoms with Crippen LogP contribution in [0.1, 0.15) is 18.9 Å². The van der Waals surface area contributed by atoms with Gasteiger partial charge in [0.25, 0.3) is 5.22 Å². The molecule has 2 aromatic heterocycles. The predicted octanol–water partition coefficient (Wildman–Crippen LogP) is 4.11. The lowest BCUT2D eigenvalue weighted by molar-refractivity contribution is -0.113. The Morgan fingerprint density at radius 2 is 1.81 bits per heavy atom. The number of nitrogens with one attached hydrogen (secondary N) is 1. The Morgan fingerprint density at radius 3 is 2.55 bits per heavy atom. The van der Waals surface area contributed by atoms with Gasteiger partial charge in [-0.15, -0.1) is 15.3 Å². The number of hydrogen-bond donors (Lipinski definition) is 1. The molecule has 1 saturated carbocycles. The Morgan fingerprint density at radius 1 is 1.06 bits per heavy atom. The van der Waals surface area contributed by atoms with Crippen molar-refractivity contribution in [2.75, 3.05) is 11.1 Å². The number of amides is 1. The summed E-state index contributed by atoms with van der Waals surface area (Å²) in [7, 11) is 0. The van der Waals surface area contributed by atoms with Crippen molar-refractivity contribution in [2.24, 2.45) is 0 Å². The van der Waals surface area contributed by atoms with E-state index >= 15 is 0 Å². The van der Waals surface area contributed by atoms with E-state index in [9.17, 15) is 4.79 Å². The number of carbonyl (C=O) groups excluding carboxylic acids is 1. The molecule has 31 heavy (non-hydrogen) atoms. The van der Waals surface area contributed by atoms with Crippen LogP contribution in [0.5, 0.6) is 0 Å². The van der Waals surface area contributed by atoms with Crippen LogP contribution in [0.2, 0.25) is 5.02 Å². The number of rotatable bonds is 7. The fraction of sp³-hybridized carbons (Fsp3) is 0.200. The second-order valence-electron chi connectivity index (χ2n) is 6.97. The molecule has 1 aliphatic carbocycles. The lowest BCUT2D eigenvalue weighted by Crippen LogP contribution is -2.13. The lowest BCUT2D eigenvalue weighted by Gasteiger charge is -2.06. The first kappa shape index (κ1) is 19.7. The lowest BCUT2D eigenvalue weighted by atomic mass is 10.2. The van der Waals surface area contributed by atoms with E-state index in [2.05, 4.69) is 31.0 Å². The zero-order valence-electron chi connectivity index (χ0n) is 16.1. The minimum Gasteiger partial charge on any atom is -0.411 e. The first-order valence-corrected chi connectivity index (χ1v) is 10.9. The first-order chi connectivity index (χ1) is 15.2. The SMILES string of the molecule is O=C(CSc1nnc(-c2ccc(Cl)cc2)o1)Nc1ccc(-c2nnnn2C2CC2)cc1. The van der Waals surface area contributed by atoms with Crippen molar-refractivity contribution in [3.63, 3.8) is 0 Å². The van der Waals surface area contributed by atoms with Gasteiger partial charge >= 0.3 is 0 Å². The molecule has 0 unspecified atom stereocenters. The predicted molar refractivity (Wildman–Crippen MR) is 116 cm³/mol. The number of anilines is 1. The molecule has 4 aromatic rings. The molecule has 1 fully saturated rings. The van der Waals surface area contributed by atoms with Gasteiger partial charge in [-0.25, -0.2) is 4.68 Å². The highest BCUT2D eigenvalue weighted by molar-refractivity contribution is 7.99. The molecule has 0 radical (unpaired) electrons. The Kier molecular flexibility index (Phi) is 5.39. The van der Waals surface area contributed by atoms with E-state index in [1.165, 1.54) is 11.8 Å². The van der Waals surface area contributed by atoms with E-state index in [-0.39, 0.29) is 11.7 Å². The zero-order chi connectivity index (χ0) is 21.2. The molecule has 11 heteroatoms. The monoisotopic (exact) mass is 453 g/mol.